The summed E-state index contributed by atoms with van der Waals surface area (Å²) in [6, 6.07) is 11.6. The van der Waals surface area contributed by atoms with Crippen LogP contribution in [0.25, 0.3) is 10.9 Å². The van der Waals surface area contributed by atoms with Gasteiger partial charge in [0, 0.05) is 41.2 Å². The lowest BCUT2D eigenvalue weighted by atomic mass is 10.0. The van der Waals surface area contributed by atoms with Crippen molar-refractivity contribution in [2.24, 2.45) is 7.05 Å². The molecule has 21 heavy (non-hydrogen) atoms. The van der Waals surface area contributed by atoms with Crippen molar-refractivity contribution < 1.29 is 9.18 Å². The standard InChI is InChI=1S/C17H13ClFNO/c1-20-10-15(14-6-5-12(18)9-16(14)20)17(21)8-11-3-2-4-13(19)7-11/h2-7,9-10H,8H2,1H3. The minimum Gasteiger partial charge on any atom is -0.350 e. The van der Waals surface area contributed by atoms with Crippen molar-refractivity contribution in [3.8, 4) is 0 Å². The van der Waals surface area contributed by atoms with Crippen LogP contribution < -0.4 is 0 Å². The summed E-state index contributed by atoms with van der Waals surface area (Å²) in [5.74, 6) is -0.362. The Morgan fingerprint density at radius 1 is 1.24 bits per heavy atom. The van der Waals surface area contributed by atoms with Gasteiger partial charge in [-0.3, -0.25) is 4.79 Å². The third-order valence-corrected chi connectivity index (χ3v) is 3.74. The number of halogens is 2. The van der Waals surface area contributed by atoms with E-state index in [1.165, 1.54) is 12.1 Å². The summed E-state index contributed by atoms with van der Waals surface area (Å²) in [6.07, 6.45) is 1.97. The average molecular weight is 302 g/mol. The van der Waals surface area contributed by atoms with Crippen LogP contribution in [-0.4, -0.2) is 10.4 Å². The number of carbonyl (C=O) groups is 1. The Morgan fingerprint density at radius 3 is 2.81 bits per heavy atom. The summed E-state index contributed by atoms with van der Waals surface area (Å²) in [6.45, 7) is 0. The summed E-state index contributed by atoms with van der Waals surface area (Å²) in [4.78, 5) is 12.5. The van der Waals surface area contributed by atoms with Gasteiger partial charge in [0.2, 0.25) is 0 Å². The first kappa shape index (κ1) is 13.8. The van der Waals surface area contributed by atoms with E-state index in [0.29, 0.717) is 16.1 Å². The second-order valence-electron chi connectivity index (χ2n) is 5.05. The fraction of sp³-hybridized carbons (Fsp3) is 0.118. The SMILES string of the molecule is Cn1cc(C(=O)Cc2cccc(F)c2)c2ccc(Cl)cc21. The number of rotatable bonds is 3. The van der Waals surface area contributed by atoms with E-state index in [0.717, 1.165) is 10.9 Å². The van der Waals surface area contributed by atoms with E-state index in [1.54, 1.807) is 24.4 Å². The number of carbonyl (C=O) groups excluding carboxylic acids is 1. The molecule has 0 atom stereocenters. The average Bonchev–Trinajstić information content (AvgIpc) is 2.76. The van der Waals surface area contributed by atoms with Gasteiger partial charge in [0.25, 0.3) is 0 Å². The number of nitrogens with zero attached hydrogens (tertiary/aromatic N) is 1. The van der Waals surface area contributed by atoms with Crippen LogP contribution >= 0.6 is 11.6 Å². The minimum atomic E-state index is -0.329. The monoisotopic (exact) mass is 301 g/mol. The molecule has 0 aliphatic rings. The van der Waals surface area contributed by atoms with Crippen molar-refractivity contribution in [3.63, 3.8) is 0 Å². The maximum Gasteiger partial charge on any atom is 0.169 e. The Kier molecular flexibility index (Phi) is 3.52. The fourth-order valence-corrected chi connectivity index (χ4v) is 2.67. The normalized spacial score (nSPS) is 11.0. The molecule has 0 aliphatic heterocycles. The molecule has 1 aromatic heterocycles. The molecule has 0 saturated heterocycles. The van der Waals surface area contributed by atoms with Gasteiger partial charge in [-0.05, 0) is 29.8 Å². The van der Waals surface area contributed by atoms with Crippen molar-refractivity contribution in [1.82, 2.24) is 4.57 Å². The highest BCUT2D eigenvalue weighted by atomic mass is 35.5. The molecule has 106 valence electrons. The van der Waals surface area contributed by atoms with Crippen LogP contribution in [0.4, 0.5) is 4.39 Å². The zero-order chi connectivity index (χ0) is 15.0. The first-order valence-electron chi connectivity index (χ1n) is 6.57. The van der Waals surface area contributed by atoms with Crippen molar-refractivity contribution in [1.29, 1.82) is 0 Å². The predicted octanol–water partition coefficient (Wildman–Crippen LogP) is 4.40. The summed E-state index contributed by atoms with van der Waals surface area (Å²) in [7, 11) is 1.87. The number of hydrogen-bond donors (Lipinski definition) is 0. The zero-order valence-electron chi connectivity index (χ0n) is 11.4. The number of aromatic nitrogens is 1. The van der Waals surface area contributed by atoms with E-state index in [9.17, 15) is 9.18 Å². The van der Waals surface area contributed by atoms with Crippen molar-refractivity contribution >= 4 is 28.3 Å². The van der Waals surface area contributed by atoms with E-state index in [2.05, 4.69) is 0 Å². The van der Waals surface area contributed by atoms with Gasteiger partial charge in [-0.15, -0.1) is 0 Å². The van der Waals surface area contributed by atoms with Crippen LogP contribution in [0.1, 0.15) is 15.9 Å². The van der Waals surface area contributed by atoms with Crippen molar-refractivity contribution in [2.45, 2.75) is 6.42 Å². The maximum absolute atomic E-state index is 13.2. The lowest BCUT2D eigenvalue weighted by Crippen LogP contribution is -2.03. The minimum absolute atomic E-state index is 0.0338. The molecule has 3 rings (SSSR count). The van der Waals surface area contributed by atoms with E-state index >= 15 is 0 Å². The lowest BCUT2D eigenvalue weighted by molar-refractivity contribution is 0.0994. The van der Waals surface area contributed by atoms with E-state index in [-0.39, 0.29) is 18.0 Å². The number of hydrogen-bond acceptors (Lipinski definition) is 1. The highest BCUT2D eigenvalue weighted by Crippen LogP contribution is 2.25. The van der Waals surface area contributed by atoms with Gasteiger partial charge in [-0.25, -0.2) is 4.39 Å². The Hall–Kier alpha value is -2.13. The van der Waals surface area contributed by atoms with Crippen LogP contribution in [0.5, 0.6) is 0 Å². The first-order valence-corrected chi connectivity index (χ1v) is 6.94. The Bertz CT molecular complexity index is 838. The van der Waals surface area contributed by atoms with Crippen LogP contribution in [0.2, 0.25) is 5.02 Å². The van der Waals surface area contributed by atoms with Gasteiger partial charge in [-0.2, -0.15) is 0 Å². The van der Waals surface area contributed by atoms with Gasteiger partial charge < -0.3 is 4.57 Å². The van der Waals surface area contributed by atoms with E-state index in [4.69, 9.17) is 11.6 Å². The molecule has 3 aromatic rings. The Balaban J connectivity index is 1.98. The second kappa shape index (κ2) is 5.34. The molecule has 2 nitrogen and oxygen atoms in total. The highest BCUT2D eigenvalue weighted by molar-refractivity contribution is 6.31. The molecule has 0 N–H and O–H groups in total. The Morgan fingerprint density at radius 2 is 2.05 bits per heavy atom. The Labute approximate surface area is 126 Å². The van der Waals surface area contributed by atoms with E-state index < -0.39 is 0 Å². The molecule has 0 fully saturated rings. The molecular weight excluding hydrogens is 289 g/mol. The molecule has 0 aliphatic carbocycles. The van der Waals surface area contributed by atoms with Gasteiger partial charge in [-0.1, -0.05) is 29.8 Å². The maximum atomic E-state index is 13.2. The first-order chi connectivity index (χ1) is 10.0. The predicted molar refractivity (Wildman–Crippen MR) is 82.4 cm³/mol. The van der Waals surface area contributed by atoms with Crippen LogP contribution in [0, 0.1) is 5.82 Å². The highest BCUT2D eigenvalue weighted by Gasteiger charge is 2.14. The molecule has 0 spiro atoms. The quantitative estimate of drug-likeness (QED) is 0.657. The number of fused-ring (bicyclic) bond motifs is 1. The largest absolute Gasteiger partial charge is 0.350 e. The van der Waals surface area contributed by atoms with Gasteiger partial charge in [0.05, 0.1) is 0 Å². The molecule has 0 saturated carbocycles. The smallest absolute Gasteiger partial charge is 0.169 e. The number of Topliss-reactive ketones (excluding diaryl/α,β-unsaturated/α-hetero) is 1. The number of aryl methyl sites for hydroxylation is 1. The summed E-state index contributed by atoms with van der Waals surface area (Å²) < 4.78 is 15.1. The summed E-state index contributed by atoms with van der Waals surface area (Å²) in [5, 5.41) is 1.50. The van der Waals surface area contributed by atoms with Gasteiger partial charge in [0.15, 0.2) is 5.78 Å². The van der Waals surface area contributed by atoms with Gasteiger partial charge in [0.1, 0.15) is 5.82 Å². The number of ketones is 1. The molecule has 0 bridgehead atoms. The van der Waals surface area contributed by atoms with Crippen LogP contribution in [-0.2, 0) is 13.5 Å². The van der Waals surface area contributed by atoms with E-state index in [1.807, 2.05) is 23.7 Å². The fourth-order valence-electron chi connectivity index (χ4n) is 2.51. The molecule has 0 radical (unpaired) electrons. The molecule has 0 amide bonds. The van der Waals surface area contributed by atoms with Crippen LogP contribution in [0.15, 0.2) is 48.7 Å². The van der Waals surface area contributed by atoms with Gasteiger partial charge >= 0.3 is 0 Å². The second-order valence-corrected chi connectivity index (χ2v) is 5.48. The van der Waals surface area contributed by atoms with Crippen LogP contribution in [0.3, 0.4) is 0 Å². The number of benzene rings is 2. The summed E-state index contributed by atoms with van der Waals surface area (Å²) in [5.41, 5.74) is 2.21. The topological polar surface area (TPSA) is 22.0 Å². The summed E-state index contributed by atoms with van der Waals surface area (Å²) >= 11 is 5.99. The molecule has 0 unspecified atom stereocenters. The molecule has 4 heteroatoms. The van der Waals surface area contributed by atoms with Crippen molar-refractivity contribution in [3.05, 3.63) is 70.6 Å². The molecular formula is C17H13ClFNO. The third-order valence-electron chi connectivity index (χ3n) is 3.51. The third kappa shape index (κ3) is 2.69. The molecule has 1 heterocycles. The van der Waals surface area contributed by atoms with Crippen molar-refractivity contribution in [2.75, 3.05) is 0 Å². The molecule has 2 aromatic carbocycles. The lowest BCUT2D eigenvalue weighted by Gasteiger charge is -2.01. The zero-order valence-corrected chi connectivity index (χ0v) is 12.2.